The molecule has 2 amide bonds. The molecule has 0 fully saturated rings. The number of carbonyl (C=O) groups excluding carboxylic acids is 2. The molecule has 0 aliphatic carbocycles. The number of para-hydroxylation sites is 2. The number of benzene rings is 2. The van der Waals surface area contributed by atoms with Crippen molar-refractivity contribution in [3.8, 4) is 5.69 Å². The number of rotatable bonds is 5. The van der Waals surface area contributed by atoms with Gasteiger partial charge in [0.15, 0.2) is 0 Å². The van der Waals surface area contributed by atoms with Crippen molar-refractivity contribution in [2.24, 2.45) is 0 Å². The highest BCUT2D eigenvalue weighted by Gasteiger charge is 2.26. The lowest BCUT2D eigenvalue weighted by Gasteiger charge is -2.31. The molecule has 5 nitrogen and oxygen atoms in total. The molecular formula is C23H23N3O2. The van der Waals surface area contributed by atoms with E-state index in [1.807, 2.05) is 79.9 Å². The molecule has 1 atom stereocenters. The van der Waals surface area contributed by atoms with Gasteiger partial charge in [-0.3, -0.25) is 9.59 Å². The van der Waals surface area contributed by atoms with E-state index in [9.17, 15) is 9.59 Å². The fraction of sp³-hybridized carbons (Fsp3) is 0.217. The Morgan fingerprint density at radius 3 is 2.43 bits per heavy atom. The second-order valence-corrected chi connectivity index (χ2v) is 7.04. The molecule has 5 heteroatoms. The summed E-state index contributed by atoms with van der Waals surface area (Å²) in [4.78, 5) is 27.0. The molecule has 2 heterocycles. The van der Waals surface area contributed by atoms with Crippen molar-refractivity contribution >= 4 is 17.5 Å². The first-order valence-electron chi connectivity index (χ1n) is 9.54. The van der Waals surface area contributed by atoms with Crippen LogP contribution in [0.1, 0.15) is 37.1 Å². The van der Waals surface area contributed by atoms with E-state index in [1.54, 1.807) is 4.90 Å². The summed E-state index contributed by atoms with van der Waals surface area (Å²) in [5.74, 6) is -0.152. The van der Waals surface area contributed by atoms with Gasteiger partial charge in [-0.15, -0.1) is 0 Å². The van der Waals surface area contributed by atoms with Crippen molar-refractivity contribution in [3.05, 3.63) is 84.2 Å². The first-order valence-corrected chi connectivity index (χ1v) is 9.54. The molecule has 0 saturated heterocycles. The highest BCUT2D eigenvalue weighted by atomic mass is 16.2. The van der Waals surface area contributed by atoms with E-state index in [0.717, 1.165) is 22.6 Å². The molecule has 3 aromatic rings. The molecule has 2 aromatic carbocycles. The van der Waals surface area contributed by atoms with E-state index >= 15 is 0 Å². The summed E-state index contributed by atoms with van der Waals surface area (Å²) in [5.41, 5.74) is 3.99. The third-order valence-electron chi connectivity index (χ3n) is 5.13. The molecule has 1 unspecified atom stereocenters. The minimum atomic E-state index is -0.113. The van der Waals surface area contributed by atoms with Crippen LogP contribution in [0.15, 0.2) is 72.9 Å². The summed E-state index contributed by atoms with van der Waals surface area (Å²) in [6.45, 7) is 2.47. The lowest BCUT2D eigenvalue weighted by Crippen LogP contribution is -2.36. The van der Waals surface area contributed by atoms with Gasteiger partial charge in [0.2, 0.25) is 11.8 Å². The van der Waals surface area contributed by atoms with Crippen LogP contribution in [0.5, 0.6) is 0 Å². The standard InChI is InChI=1S/C23H23N3O2/c1-17(18-8-3-2-4-9-18)24-22(27)13-14-23(28)26-16-19-10-7-15-25(19)20-11-5-6-12-21(20)26/h2-12,15,17H,13-14,16H2,1H3,(H,24,27). The number of anilines is 1. The maximum atomic E-state index is 12.9. The number of aromatic nitrogens is 1. The highest BCUT2D eigenvalue weighted by Crippen LogP contribution is 2.32. The van der Waals surface area contributed by atoms with Crippen molar-refractivity contribution in [1.29, 1.82) is 0 Å². The van der Waals surface area contributed by atoms with Crippen molar-refractivity contribution in [2.75, 3.05) is 4.90 Å². The molecule has 1 N–H and O–H groups in total. The summed E-state index contributed by atoms with van der Waals surface area (Å²) in [6, 6.07) is 21.6. The Morgan fingerprint density at radius 2 is 1.64 bits per heavy atom. The van der Waals surface area contributed by atoms with E-state index < -0.39 is 0 Å². The Balaban J connectivity index is 1.40. The van der Waals surface area contributed by atoms with E-state index in [1.165, 1.54) is 0 Å². The summed E-state index contributed by atoms with van der Waals surface area (Å²) in [6.07, 6.45) is 2.37. The van der Waals surface area contributed by atoms with Crippen LogP contribution in [0, 0.1) is 0 Å². The van der Waals surface area contributed by atoms with Gasteiger partial charge in [0, 0.05) is 24.7 Å². The number of nitrogens with one attached hydrogen (secondary N) is 1. The Kier molecular flexibility index (Phi) is 4.98. The van der Waals surface area contributed by atoms with Crippen LogP contribution in [0.4, 0.5) is 5.69 Å². The van der Waals surface area contributed by atoms with Crippen molar-refractivity contribution in [3.63, 3.8) is 0 Å². The normalized spacial score (nSPS) is 13.4. The molecule has 4 rings (SSSR count). The van der Waals surface area contributed by atoms with E-state index in [2.05, 4.69) is 9.88 Å². The average Bonchev–Trinajstić information content (AvgIpc) is 3.21. The van der Waals surface area contributed by atoms with Gasteiger partial charge in [-0.1, -0.05) is 42.5 Å². The molecule has 142 valence electrons. The van der Waals surface area contributed by atoms with Crippen molar-refractivity contribution < 1.29 is 9.59 Å². The van der Waals surface area contributed by atoms with Crippen LogP contribution >= 0.6 is 0 Å². The monoisotopic (exact) mass is 373 g/mol. The zero-order valence-corrected chi connectivity index (χ0v) is 15.8. The van der Waals surface area contributed by atoms with Crippen molar-refractivity contribution in [1.82, 2.24) is 9.88 Å². The summed E-state index contributed by atoms with van der Waals surface area (Å²) >= 11 is 0. The molecule has 1 aromatic heterocycles. The van der Waals surface area contributed by atoms with Gasteiger partial charge in [0.05, 0.1) is 24.0 Å². The van der Waals surface area contributed by atoms with Crippen LogP contribution in [0.3, 0.4) is 0 Å². The maximum Gasteiger partial charge on any atom is 0.227 e. The number of carbonyl (C=O) groups is 2. The minimum Gasteiger partial charge on any atom is -0.350 e. The largest absolute Gasteiger partial charge is 0.350 e. The second kappa shape index (κ2) is 7.72. The van der Waals surface area contributed by atoms with Crippen LogP contribution in [-0.2, 0) is 16.1 Å². The highest BCUT2D eigenvalue weighted by molar-refractivity contribution is 5.97. The molecular weight excluding hydrogens is 350 g/mol. The Bertz CT molecular complexity index is 994. The van der Waals surface area contributed by atoms with Crippen molar-refractivity contribution in [2.45, 2.75) is 32.4 Å². The second-order valence-electron chi connectivity index (χ2n) is 7.04. The molecule has 0 spiro atoms. The smallest absolute Gasteiger partial charge is 0.227 e. The van der Waals surface area contributed by atoms with Gasteiger partial charge in [-0.05, 0) is 36.8 Å². The Hall–Kier alpha value is -3.34. The topological polar surface area (TPSA) is 54.3 Å². The third-order valence-corrected chi connectivity index (χ3v) is 5.13. The van der Waals surface area contributed by atoms with Gasteiger partial charge >= 0.3 is 0 Å². The molecule has 0 bridgehead atoms. The van der Waals surface area contributed by atoms with Crippen LogP contribution in [0.25, 0.3) is 5.69 Å². The van der Waals surface area contributed by atoms with Crippen LogP contribution < -0.4 is 10.2 Å². The van der Waals surface area contributed by atoms with Gasteiger partial charge in [0.25, 0.3) is 0 Å². The molecule has 1 aliphatic heterocycles. The summed E-state index contributed by atoms with van der Waals surface area (Å²) < 4.78 is 2.10. The SMILES string of the molecule is CC(NC(=O)CCC(=O)N1Cc2cccn2-c2ccccc21)c1ccccc1. The zero-order valence-electron chi connectivity index (χ0n) is 15.8. The maximum absolute atomic E-state index is 12.9. The van der Waals surface area contributed by atoms with Gasteiger partial charge in [-0.2, -0.15) is 0 Å². The predicted octanol–water partition coefficient (Wildman–Crippen LogP) is 3.98. The molecule has 28 heavy (non-hydrogen) atoms. The first-order chi connectivity index (χ1) is 13.6. The number of amides is 2. The summed E-state index contributed by atoms with van der Waals surface area (Å²) in [5, 5.41) is 2.97. The number of fused-ring (bicyclic) bond motifs is 3. The van der Waals surface area contributed by atoms with E-state index in [0.29, 0.717) is 6.54 Å². The molecule has 1 aliphatic rings. The van der Waals surface area contributed by atoms with Gasteiger partial charge < -0.3 is 14.8 Å². The molecule has 0 radical (unpaired) electrons. The van der Waals surface area contributed by atoms with Crippen LogP contribution in [-0.4, -0.2) is 16.4 Å². The fourth-order valence-electron chi connectivity index (χ4n) is 3.64. The van der Waals surface area contributed by atoms with E-state index in [4.69, 9.17) is 0 Å². The first kappa shape index (κ1) is 18.0. The number of hydrogen-bond acceptors (Lipinski definition) is 2. The minimum absolute atomic E-state index is 0.0394. The Morgan fingerprint density at radius 1 is 0.929 bits per heavy atom. The third kappa shape index (κ3) is 3.56. The average molecular weight is 373 g/mol. The fourth-order valence-corrected chi connectivity index (χ4v) is 3.64. The summed E-state index contributed by atoms with van der Waals surface area (Å²) in [7, 11) is 0. The van der Waals surface area contributed by atoms with E-state index in [-0.39, 0.29) is 30.7 Å². The lowest BCUT2D eigenvalue weighted by atomic mass is 10.1. The van der Waals surface area contributed by atoms with Crippen LogP contribution in [0.2, 0.25) is 0 Å². The lowest BCUT2D eigenvalue weighted by molar-refractivity contribution is -0.125. The van der Waals surface area contributed by atoms with Gasteiger partial charge in [0.1, 0.15) is 0 Å². The number of hydrogen-bond donors (Lipinski definition) is 1. The zero-order chi connectivity index (χ0) is 19.5. The van der Waals surface area contributed by atoms with Gasteiger partial charge in [-0.25, -0.2) is 0 Å². The number of nitrogens with zero attached hydrogens (tertiary/aromatic N) is 2. The Labute approximate surface area is 164 Å². The quantitative estimate of drug-likeness (QED) is 0.735. The predicted molar refractivity (Wildman–Crippen MR) is 109 cm³/mol. The molecule has 0 saturated carbocycles.